The van der Waals surface area contributed by atoms with Gasteiger partial charge < -0.3 is 4.74 Å². The highest BCUT2D eigenvalue weighted by molar-refractivity contribution is 7.48. The van der Waals surface area contributed by atoms with Crippen molar-refractivity contribution in [2.24, 2.45) is 0 Å². The molecule has 1 rings (SSSR count). The van der Waals surface area contributed by atoms with E-state index in [0.717, 1.165) is 0 Å². The van der Waals surface area contributed by atoms with Crippen LogP contribution in [0.25, 0.3) is 0 Å². The van der Waals surface area contributed by atoms with E-state index >= 15 is 0 Å². The Labute approximate surface area is 58.8 Å². The van der Waals surface area contributed by atoms with Crippen LogP contribution in [0.4, 0.5) is 0 Å². The Hall–Kier alpha value is 0.0700. The summed E-state index contributed by atoms with van der Waals surface area (Å²) in [6.07, 6.45) is -0.411. The lowest BCUT2D eigenvalue weighted by molar-refractivity contribution is 0.0992. The highest BCUT2D eigenvalue weighted by atomic mass is 31.2. The summed E-state index contributed by atoms with van der Waals surface area (Å²) < 4.78 is 29.4. The fraction of sp³-hybridized carbons (Fsp3) is 1.00. The number of ether oxygens (including phenoxy) is 1. The standard InChI is InChI=1S/C4H9O5P/c1-6-10(5,7-2)9-4-3-8-4/h4H,3H2,1-2H3. The van der Waals surface area contributed by atoms with Crippen LogP contribution in [0.15, 0.2) is 0 Å². The molecule has 5 nitrogen and oxygen atoms in total. The normalized spacial score (nSPS) is 24.8. The summed E-state index contributed by atoms with van der Waals surface area (Å²) in [5.74, 6) is 0. The van der Waals surface area contributed by atoms with Crippen LogP contribution in [0.2, 0.25) is 0 Å². The van der Waals surface area contributed by atoms with E-state index in [4.69, 9.17) is 4.52 Å². The van der Waals surface area contributed by atoms with Crippen molar-refractivity contribution in [2.75, 3.05) is 20.8 Å². The first-order valence-corrected chi connectivity index (χ1v) is 4.18. The van der Waals surface area contributed by atoms with Crippen LogP contribution in [0.5, 0.6) is 0 Å². The van der Waals surface area contributed by atoms with E-state index in [1.54, 1.807) is 0 Å². The molecule has 10 heavy (non-hydrogen) atoms. The van der Waals surface area contributed by atoms with E-state index in [-0.39, 0.29) is 0 Å². The first-order valence-electron chi connectivity index (χ1n) is 2.72. The molecule has 0 aromatic rings. The first kappa shape index (κ1) is 8.17. The van der Waals surface area contributed by atoms with Crippen molar-refractivity contribution in [2.45, 2.75) is 6.29 Å². The molecule has 1 aliphatic heterocycles. The molecule has 1 unspecified atom stereocenters. The van der Waals surface area contributed by atoms with Crippen molar-refractivity contribution >= 4 is 7.82 Å². The molecule has 0 spiro atoms. The Kier molecular flexibility index (Phi) is 2.44. The zero-order valence-corrected chi connectivity index (χ0v) is 6.67. The molecule has 1 atom stereocenters. The van der Waals surface area contributed by atoms with Crippen molar-refractivity contribution in [3.8, 4) is 0 Å². The lowest BCUT2D eigenvalue weighted by Gasteiger charge is -2.10. The average Bonchev–Trinajstić information content (AvgIpc) is 2.72. The summed E-state index contributed by atoms with van der Waals surface area (Å²) in [4.78, 5) is 0. The van der Waals surface area contributed by atoms with Gasteiger partial charge in [0.15, 0.2) is 6.29 Å². The average molecular weight is 168 g/mol. The number of rotatable bonds is 4. The van der Waals surface area contributed by atoms with Gasteiger partial charge in [0, 0.05) is 14.2 Å². The summed E-state index contributed by atoms with van der Waals surface area (Å²) in [5, 5.41) is 0. The molecule has 0 N–H and O–H groups in total. The zero-order valence-electron chi connectivity index (χ0n) is 5.77. The maximum atomic E-state index is 11.1. The van der Waals surface area contributed by atoms with Crippen LogP contribution in [-0.4, -0.2) is 27.1 Å². The van der Waals surface area contributed by atoms with Gasteiger partial charge in [-0.3, -0.25) is 13.6 Å². The van der Waals surface area contributed by atoms with E-state index in [0.29, 0.717) is 6.61 Å². The van der Waals surface area contributed by atoms with Gasteiger partial charge in [0.05, 0.1) is 0 Å². The molecule has 0 saturated carbocycles. The van der Waals surface area contributed by atoms with Crippen LogP contribution in [0, 0.1) is 0 Å². The van der Waals surface area contributed by atoms with Crippen LogP contribution in [-0.2, 0) is 22.9 Å². The molecule has 0 amide bonds. The molecule has 1 heterocycles. The molecule has 0 aromatic carbocycles. The summed E-state index contributed by atoms with van der Waals surface area (Å²) >= 11 is 0. The Morgan fingerprint density at radius 2 is 2.00 bits per heavy atom. The van der Waals surface area contributed by atoms with E-state index in [9.17, 15) is 4.57 Å². The van der Waals surface area contributed by atoms with Gasteiger partial charge in [-0.1, -0.05) is 0 Å². The Morgan fingerprint density at radius 3 is 2.30 bits per heavy atom. The Morgan fingerprint density at radius 1 is 1.50 bits per heavy atom. The summed E-state index contributed by atoms with van der Waals surface area (Å²) in [6.45, 7) is 0.455. The largest absolute Gasteiger partial charge is 0.476 e. The molecule has 1 aliphatic rings. The number of phosphoric ester groups is 1. The van der Waals surface area contributed by atoms with Crippen LogP contribution in [0.1, 0.15) is 0 Å². The minimum Gasteiger partial charge on any atom is -0.344 e. The number of epoxide rings is 1. The van der Waals surface area contributed by atoms with Gasteiger partial charge in [-0.2, -0.15) is 0 Å². The second kappa shape index (κ2) is 2.98. The van der Waals surface area contributed by atoms with E-state index in [1.165, 1.54) is 14.2 Å². The van der Waals surface area contributed by atoms with Crippen molar-refractivity contribution < 1.29 is 22.9 Å². The first-order chi connectivity index (χ1) is 4.70. The van der Waals surface area contributed by atoms with Crippen molar-refractivity contribution in [3.05, 3.63) is 0 Å². The van der Waals surface area contributed by atoms with Crippen molar-refractivity contribution in [3.63, 3.8) is 0 Å². The van der Waals surface area contributed by atoms with E-state index in [2.05, 4.69) is 13.8 Å². The van der Waals surface area contributed by atoms with Gasteiger partial charge in [0.25, 0.3) is 0 Å². The molecule has 1 saturated heterocycles. The smallest absolute Gasteiger partial charge is 0.344 e. The van der Waals surface area contributed by atoms with Gasteiger partial charge >= 0.3 is 7.82 Å². The van der Waals surface area contributed by atoms with Crippen molar-refractivity contribution in [1.29, 1.82) is 0 Å². The maximum Gasteiger partial charge on any atom is 0.476 e. The molecule has 1 fully saturated rings. The summed E-state index contributed by atoms with van der Waals surface area (Å²) in [5.41, 5.74) is 0. The third kappa shape index (κ3) is 2.04. The molecule has 0 aliphatic carbocycles. The predicted octanol–water partition coefficient (Wildman–Crippen LogP) is 0.760. The summed E-state index contributed by atoms with van der Waals surface area (Å²) in [7, 11) is -0.787. The quantitative estimate of drug-likeness (QED) is 0.458. The number of hydrogen-bond acceptors (Lipinski definition) is 5. The molecule has 0 radical (unpaired) electrons. The fourth-order valence-corrected chi connectivity index (χ4v) is 1.14. The Bertz CT molecular complexity index is 146. The van der Waals surface area contributed by atoms with Crippen LogP contribution in [0.3, 0.4) is 0 Å². The SMILES string of the molecule is COP(=O)(OC)OC1CO1. The van der Waals surface area contributed by atoms with Gasteiger partial charge in [0.2, 0.25) is 0 Å². The maximum absolute atomic E-state index is 11.1. The van der Waals surface area contributed by atoms with Crippen LogP contribution < -0.4 is 0 Å². The second-order valence-electron chi connectivity index (χ2n) is 1.68. The van der Waals surface area contributed by atoms with E-state index in [1.807, 2.05) is 0 Å². The zero-order chi connectivity index (χ0) is 7.61. The fourth-order valence-electron chi connectivity index (χ4n) is 0.405. The molecule has 60 valence electrons. The van der Waals surface area contributed by atoms with Gasteiger partial charge in [-0.05, 0) is 0 Å². The molecule has 6 heteroatoms. The molecular weight excluding hydrogens is 159 g/mol. The highest BCUT2D eigenvalue weighted by Gasteiger charge is 2.35. The van der Waals surface area contributed by atoms with Gasteiger partial charge in [-0.25, -0.2) is 4.57 Å². The van der Waals surface area contributed by atoms with Crippen LogP contribution >= 0.6 is 7.82 Å². The monoisotopic (exact) mass is 168 g/mol. The predicted molar refractivity (Wildman–Crippen MR) is 32.4 cm³/mol. The number of phosphoric acid groups is 1. The number of hydrogen-bond donors (Lipinski definition) is 0. The molecule has 0 aromatic heterocycles. The van der Waals surface area contributed by atoms with Crippen molar-refractivity contribution in [1.82, 2.24) is 0 Å². The summed E-state index contributed by atoms with van der Waals surface area (Å²) in [6, 6.07) is 0. The lowest BCUT2D eigenvalue weighted by Crippen LogP contribution is -1.97. The topological polar surface area (TPSA) is 57.3 Å². The van der Waals surface area contributed by atoms with Gasteiger partial charge in [-0.15, -0.1) is 0 Å². The lowest BCUT2D eigenvalue weighted by atomic mass is 10.9. The minimum atomic E-state index is -3.30. The molecule has 0 bridgehead atoms. The molecular formula is C4H9O5P. The Balaban J connectivity index is 2.37. The van der Waals surface area contributed by atoms with E-state index < -0.39 is 14.1 Å². The minimum absolute atomic E-state index is 0.411. The highest BCUT2D eigenvalue weighted by Crippen LogP contribution is 2.50. The third-order valence-electron chi connectivity index (χ3n) is 0.997. The second-order valence-corrected chi connectivity index (χ2v) is 3.52. The third-order valence-corrected chi connectivity index (χ3v) is 2.38. The van der Waals surface area contributed by atoms with Gasteiger partial charge in [0.1, 0.15) is 6.61 Å².